The maximum absolute atomic E-state index is 13.9. The third-order valence-electron chi connectivity index (χ3n) is 10.0. The van der Waals surface area contributed by atoms with Crippen LogP contribution in [0, 0.1) is 11.8 Å². The number of anilines is 1. The Morgan fingerprint density at radius 3 is 2.23 bits per heavy atom. The van der Waals surface area contributed by atoms with Gasteiger partial charge >= 0.3 is 6.09 Å². The van der Waals surface area contributed by atoms with Gasteiger partial charge in [0.05, 0.1) is 20.3 Å². The van der Waals surface area contributed by atoms with Crippen molar-refractivity contribution < 1.29 is 37.0 Å². The van der Waals surface area contributed by atoms with Crippen LogP contribution in [-0.2, 0) is 35.5 Å². The number of H-pyrrole nitrogens is 1. The summed E-state index contributed by atoms with van der Waals surface area (Å²) in [7, 11) is -2.39. The van der Waals surface area contributed by atoms with E-state index in [1.54, 1.807) is 42.5 Å². The number of carbonyl (C=O) groups is 3. The Hall–Kier alpha value is -5.39. The van der Waals surface area contributed by atoms with Crippen LogP contribution in [0.5, 0.6) is 5.75 Å². The summed E-state index contributed by atoms with van der Waals surface area (Å²) < 4.78 is 44.7. The van der Waals surface area contributed by atoms with Crippen molar-refractivity contribution in [3.8, 4) is 28.3 Å². The van der Waals surface area contributed by atoms with Crippen LogP contribution < -0.4 is 20.7 Å². The van der Waals surface area contributed by atoms with E-state index < -0.39 is 27.8 Å². The second kappa shape index (κ2) is 18.3. The predicted octanol–water partition coefficient (Wildman–Crippen LogP) is 4.56. The highest BCUT2D eigenvalue weighted by Gasteiger charge is 2.32. The van der Waals surface area contributed by atoms with Crippen LogP contribution in [0.25, 0.3) is 22.5 Å². The van der Waals surface area contributed by atoms with Gasteiger partial charge in [-0.3, -0.25) is 9.59 Å². The molecular formula is C40H50N8O8S. The number of alkyl carbamates (subject to hydrolysis) is 1. The Bertz CT molecular complexity index is 2090. The number of hydrogen-bond acceptors (Lipinski definition) is 11. The smallest absolute Gasteiger partial charge is 0.407 e. The molecule has 1 aliphatic carbocycles. The van der Waals surface area contributed by atoms with Gasteiger partial charge in [0.15, 0.2) is 5.82 Å². The topological polar surface area (TPSA) is 207 Å². The maximum Gasteiger partial charge on any atom is 0.407 e. The highest BCUT2D eigenvalue weighted by molar-refractivity contribution is 7.89. The Balaban J connectivity index is 1.15. The minimum absolute atomic E-state index is 0.0757. The minimum Gasteiger partial charge on any atom is -0.495 e. The van der Waals surface area contributed by atoms with Crippen LogP contribution in [0.2, 0.25) is 0 Å². The van der Waals surface area contributed by atoms with Gasteiger partial charge in [-0.25, -0.2) is 18.3 Å². The van der Waals surface area contributed by atoms with Gasteiger partial charge in [-0.15, -0.1) is 5.10 Å². The van der Waals surface area contributed by atoms with Crippen LogP contribution in [-0.4, -0.2) is 103 Å². The molecule has 2 fully saturated rings. The van der Waals surface area contributed by atoms with Crippen molar-refractivity contribution in [1.29, 1.82) is 0 Å². The molecule has 4 aromatic rings. The summed E-state index contributed by atoms with van der Waals surface area (Å²) >= 11 is 0. The van der Waals surface area contributed by atoms with E-state index in [0.717, 1.165) is 29.5 Å². The van der Waals surface area contributed by atoms with E-state index in [2.05, 4.69) is 36.6 Å². The van der Waals surface area contributed by atoms with Gasteiger partial charge in [-0.05, 0) is 116 Å². The normalized spacial score (nSPS) is 18.2. The number of tetrazole rings is 1. The van der Waals surface area contributed by atoms with Gasteiger partial charge in [-0.1, -0.05) is 30.3 Å². The van der Waals surface area contributed by atoms with Crippen molar-refractivity contribution in [1.82, 2.24) is 35.6 Å². The number of nitrogens with zero attached hydrogens (tertiary/aromatic N) is 4. The number of carbonyl (C=O) groups excluding carboxylic acids is 3. The van der Waals surface area contributed by atoms with E-state index in [-0.39, 0.29) is 53.8 Å². The fourth-order valence-electron chi connectivity index (χ4n) is 6.94. The molecule has 17 heteroatoms. The molecule has 1 saturated carbocycles. The number of ether oxygens (including phenoxy) is 3. The highest BCUT2D eigenvalue weighted by atomic mass is 32.2. The van der Waals surface area contributed by atoms with E-state index in [0.29, 0.717) is 49.7 Å². The molecule has 1 saturated heterocycles. The lowest BCUT2D eigenvalue weighted by Crippen LogP contribution is -2.48. The monoisotopic (exact) mass is 802 g/mol. The van der Waals surface area contributed by atoms with Crippen LogP contribution in [0.1, 0.15) is 52.0 Å². The Morgan fingerprint density at radius 1 is 0.930 bits per heavy atom. The second-order valence-electron chi connectivity index (χ2n) is 15.3. The number of nitrogens with one attached hydrogen (secondary N) is 4. The molecule has 304 valence electrons. The largest absolute Gasteiger partial charge is 0.495 e. The first-order valence-corrected chi connectivity index (χ1v) is 20.5. The molecule has 6 rings (SSSR count). The lowest BCUT2D eigenvalue weighted by atomic mass is 9.81. The van der Waals surface area contributed by atoms with Crippen molar-refractivity contribution in [2.75, 3.05) is 45.3 Å². The van der Waals surface area contributed by atoms with E-state index in [1.807, 2.05) is 45.0 Å². The second-order valence-corrected chi connectivity index (χ2v) is 17.2. The summed E-state index contributed by atoms with van der Waals surface area (Å²) in [5.41, 5.74) is 2.93. The van der Waals surface area contributed by atoms with E-state index in [1.165, 1.54) is 11.4 Å². The van der Waals surface area contributed by atoms with Gasteiger partial charge in [0, 0.05) is 43.2 Å². The van der Waals surface area contributed by atoms with Crippen molar-refractivity contribution in [2.45, 2.75) is 69.4 Å². The lowest BCUT2D eigenvalue weighted by molar-refractivity contribution is -0.130. The fraction of sp³-hybridized carbons (Fsp3) is 0.450. The number of aromatic nitrogens is 4. The number of aromatic amines is 1. The molecule has 57 heavy (non-hydrogen) atoms. The first kappa shape index (κ1) is 41.2. The van der Waals surface area contributed by atoms with Gasteiger partial charge in [-0.2, -0.15) is 4.31 Å². The standard InChI is InChI=1S/C40H50N8O8S/c1-40(2,3)56-39(51)41-25-27-7-11-30(12-8-27)37(49)43-33(38(50)42-32-16-13-29(14-17-32)36-44-46-47-45-36)23-26-5-9-28(10-6-26)31-15-18-34(54-4)35(24-31)57(52,53)48-19-21-55-22-20-48/h5-6,9-10,13-18,24,27,30,33H,7-8,11-12,19-23,25H2,1-4H3,(H,41,51)(H,42,50)(H,43,49)(H,44,45,46,47)/t27?,30?,33-/m0/s1. The number of morpholine rings is 1. The molecule has 1 atom stereocenters. The molecule has 0 bridgehead atoms. The third-order valence-corrected chi connectivity index (χ3v) is 12.0. The number of amides is 3. The zero-order valence-electron chi connectivity index (χ0n) is 32.6. The molecule has 3 aromatic carbocycles. The molecule has 1 aliphatic heterocycles. The van der Waals surface area contributed by atoms with Crippen LogP contribution >= 0.6 is 0 Å². The van der Waals surface area contributed by atoms with Crippen molar-refractivity contribution in [2.24, 2.45) is 11.8 Å². The molecule has 2 heterocycles. The summed E-state index contributed by atoms with van der Waals surface area (Å²) in [5, 5.41) is 22.6. The van der Waals surface area contributed by atoms with Crippen molar-refractivity contribution in [3.05, 3.63) is 72.3 Å². The summed E-state index contributed by atoms with van der Waals surface area (Å²) in [6.07, 6.45) is 2.49. The van der Waals surface area contributed by atoms with Crippen LogP contribution in [0.15, 0.2) is 71.6 Å². The van der Waals surface area contributed by atoms with E-state index >= 15 is 0 Å². The van der Waals surface area contributed by atoms with Gasteiger partial charge in [0.2, 0.25) is 21.8 Å². The summed E-state index contributed by atoms with van der Waals surface area (Å²) in [4.78, 5) is 39.8. The predicted molar refractivity (Wildman–Crippen MR) is 212 cm³/mol. The number of sulfonamides is 1. The van der Waals surface area contributed by atoms with E-state index in [9.17, 15) is 22.8 Å². The fourth-order valence-corrected chi connectivity index (χ4v) is 8.53. The zero-order valence-corrected chi connectivity index (χ0v) is 33.4. The first-order chi connectivity index (χ1) is 27.3. The Labute approximate surface area is 332 Å². The SMILES string of the molecule is COc1ccc(-c2ccc(C[C@H](NC(=O)C3CCC(CNC(=O)OC(C)(C)C)CC3)C(=O)Nc3ccc(-c4nnn[nH]4)cc3)cc2)cc1S(=O)(=O)N1CCOCC1. The van der Waals surface area contributed by atoms with Crippen LogP contribution in [0.3, 0.4) is 0 Å². The Kier molecular flexibility index (Phi) is 13.2. The molecular weight excluding hydrogens is 753 g/mol. The van der Waals surface area contributed by atoms with Crippen LogP contribution in [0.4, 0.5) is 10.5 Å². The summed E-state index contributed by atoms with van der Waals surface area (Å²) in [6, 6.07) is 18.6. The number of methoxy groups -OCH3 is 1. The Morgan fingerprint density at radius 2 is 1.60 bits per heavy atom. The number of rotatable bonds is 13. The quantitative estimate of drug-likeness (QED) is 0.147. The summed E-state index contributed by atoms with van der Waals surface area (Å²) in [6.45, 7) is 7.08. The van der Waals surface area contributed by atoms with Crippen molar-refractivity contribution >= 4 is 33.6 Å². The summed E-state index contributed by atoms with van der Waals surface area (Å²) in [5.74, 6) is 0.0865. The molecule has 2 aliphatic rings. The lowest BCUT2D eigenvalue weighted by Gasteiger charge is -2.29. The van der Waals surface area contributed by atoms with Gasteiger partial charge in [0.1, 0.15) is 22.3 Å². The molecule has 4 N–H and O–H groups in total. The molecule has 1 aromatic heterocycles. The number of benzene rings is 3. The zero-order chi connectivity index (χ0) is 40.6. The van der Waals surface area contributed by atoms with Crippen molar-refractivity contribution in [3.63, 3.8) is 0 Å². The average molecular weight is 803 g/mol. The molecule has 0 radical (unpaired) electrons. The first-order valence-electron chi connectivity index (χ1n) is 19.1. The van der Waals surface area contributed by atoms with E-state index in [4.69, 9.17) is 14.2 Å². The molecule has 0 spiro atoms. The third kappa shape index (κ3) is 10.9. The molecule has 16 nitrogen and oxygen atoms in total. The maximum atomic E-state index is 13.9. The van der Waals surface area contributed by atoms with Gasteiger partial charge < -0.3 is 30.2 Å². The van der Waals surface area contributed by atoms with Gasteiger partial charge in [0.25, 0.3) is 0 Å². The average Bonchev–Trinajstić information content (AvgIpc) is 3.75. The highest BCUT2D eigenvalue weighted by Crippen LogP contribution is 2.33. The number of hydrogen-bond donors (Lipinski definition) is 4. The molecule has 0 unspecified atom stereocenters. The molecule has 3 amide bonds. The minimum atomic E-state index is -3.83.